The third-order valence-corrected chi connectivity index (χ3v) is 6.02. The number of amides is 1. The largest absolute Gasteiger partial charge is 0.497 e. The molecule has 7 heteroatoms. The molecule has 7 nitrogen and oxygen atoms in total. The van der Waals surface area contributed by atoms with Crippen molar-refractivity contribution in [3.8, 4) is 5.75 Å². The molecule has 0 radical (unpaired) electrons. The maximum absolute atomic E-state index is 13.3. The average molecular weight is 391 g/mol. The number of benzene rings is 1. The first-order chi connectivity index (χ1) is 14.1. The number of nitrogens with zero attached hydrogens (tertiary/aromatic N) is 4. The molecule has 1 fully saturated rings. The van der Waals surface area contributed by atoms with Gasteiger partial charge in [-0.25, -0.2) is 9.97 Å². The Kier molecular flexibility index (Phi) is 4.47. The highest BCUT2D eigenvalue weighted by Gasteiger charge is 2.33. The molecule has 2 aliphatic heterocycles. The third-order valence-electron chi connectivity index (χ3n) is 6.02. The summed E-state index contributed by atoms with van der Waals surface area (Å²) in [7, 11) is 3.76. The number of H-pyrrole nitrogens is 1. The second-order valence-corrected chi connectivity index (χ2v) is 7.98. The Bertz CT molecular complexity index is 1080. The van der Waals surface area contributed by atoms with Gasteiger partial charge in [0.2, 0.25) is 0 Å². The number of aromatic nitrogens is 3. The molecule has 1 amide bonds. The van der Waals surface area contributed by atoms with E-state index in [-0.39, 0.29) is 11.9 Å². The van der Waals surface area contributed by atoms with Crippen molar-refractivity contribution in [3.63, 3.8) is 0 Å². The summed E-state index contributed by atoms with van der Waals surface area (Å²) in [5.74, 6) is 1.55. The molecule has 0 bridgehead atoms. The topological polar surface area (TPSA) is 74.3 Å². The van der Waals surface area contributed by atoms with Gasteiger partial charge in [0.1, 0.15) is 11.4 Å². The molecule has 150 valence electrons. The normalized spacial score (nSPS) is 19.5. The standard InChI is InChI=1S/C22H25N5O2/c1-26-9-7-17-15(13-26)12-23-21(25-17)20-4-3-8-27(20)22(28)19-10-14-5-6-16(29-2)11-18(14)24-19/h5-6,10-12,20,24H,3-4,7-9,13H2,1-2H3/t20-/m1/s1. The summed E-state index contributed by atoms with van der Waals surface area (Å²) >= 11 is 0. The molecule has 0 unspecified atom stereocenters. The molecule has 0 aliphatic carbocycles. The van der Waals surface area contributed by atoms with Gasteiger partial charge in [0.25, 0.3) is 5.91 Å². The second-order valence-electron chi connectivity index (χ2n) is 7.98. The maximum atomic E-state index is 13.3. The van der Waals surface area contributed by atoms with Gasteiger partial charge in [0, 0.05) is 60.5 Å². The summed E-state index contributed by atoms with van der Waals surface area (Å²) in [5, 5.41) is 0.999. The van der Waals surface area contributed by atoms with Crippen LogP contribution in [0, 0.1) is 0 Å². The fraction of sp³-hybridized carbons (Fsp3) is 0.409. The second kappa shape index (κ2) is 7.15. The Morgan fingerprint density at radius 1 is 1.28 bits per heavy atom. The van der Waals surface area contributed by atoms with Crippen LogP contribution in [0.1, 0.15) is 46.5 Å². The number of methoxy groups -OCH3 is 1. The highest BCUT2D eigenvalue weighted by atomic mass is 16.5. The Morgan fingerprint density at radius 3 is 3.03 bits per heavy atom. The maximum Gasteiger partial charge on any atom is 0.270 e. The van der Waals surface area contributed by atoms with E-state index in [1.807, 2.05) is 35.4 Å². The summed E-state index contributed by atoms with van der Waals surface area (Å²) in [4.78, 5) is 30.2. The van der Waals surface area contributed by atoms with E-state index in [9.17, 15) is 4.79 Å². The van der Waals surface area contributed by atoms with Crippen LogP contribution in [0.3, 0.4) is 0 Å². The van der Waals surface area contributed by atoms with Gasteiger partial charge in [0.15, 0.2) is 5.82 Å². The van der Waals surface area contributed by atoms with Crippen molar-refractivity contribution in [2.45, 2.75) is 31.8 Å². The van der Waals surface area contributed by atoms with Gasteiger partial charge in [-0.3, -0.25) is 4.79 Å². The van der Waals surface area contributed by atoms with Crippen LogP contribution in [0.25, 0.3) is 10.9 Å². The number of likely N-dealkylation sites (N-methyl/N-ethyl adjacent to an activating group) is 1. The van der Waals surface area contributed by atoms with Crippen LogP contribution >= 0.6 is 0 Å². The number of carbonyl (C=O) groups is 1. The zero-order chi connectivity index (χ0) is 20.0. The van der Waals surface area contributed by atoms with Crippen molar-refractivity contribution in [2.75, 3.05) is 27.2 Å². The molecule has 4 heterocycles. The van der Waals surface area contributed by atoms with E-state index in [4.69, 9.17) is 9.72 Å². The number of nitrogens with one attached hydrogen (secondary N) is 1. The zero-order valence-electron chi connectivity index (χ0n) is 16.8. The van der Waals surface area contributed by atoms with E-state index in [0.717, 1.165) is 67.1 Å². The smallest absolute Gasteiger partial charge is 0.270 e. The first-order valence-electron chi connectivity index (χ1n) is 10.1. The Balaban J connectivity index is 1.42. The molecular weight excluding hydrogens is 366 g/mol. The highest BCUT2D eigenvalue weighted by molar-refractivity contribution is 5.98. The van der Waals surface area contributed by atoms with Crippen LogP contribution in [0.15, 0.2) is 30.5 Å². The molecular formula is C22H25N5O2. The van der Waals surface area contributed by atoms with E-state index in [1.165, 1.54) is 5.56 Å². The van der Waals surface area contributed by atoms with Gasteiger partial charge in [-0.1, -0.05) is 0 Å². The van der Waals surface area contributed by atoms with Crippen LogP contribution < -0.4 is 4.74 Å². The van der Waals surface area contributed by atoms with Crippen LogP contribution in [0.2, 0.25) is 0 Å². The molecule has 0 saturated carbocycles. The predicted octanol–water partition coefficient (Wildman–Crippen LogP) is 2.93. The molecule has 1 aromatic carbocycles. The minimum absolute atomic E-state index is 0.00345. The van der Waals surface area contributed by atoms with Crippen molar-refractivity contribution in [2.24, 2.45) is 0 Å². The molecule has 1 saturated heterocycles. The molecule has 1 N–H and O–H groups in total. The summed E-state index contributed by atoms with van der Waals surface area (Å²) < 4.78 is 5.28. The number of carbonyl (C=O) groups excluding carboxylic acids is 1. The van der Waals surface area contributed by atoms with Gasteiger partial charge in [-0.15, -0.1) is 0 Å². The van der Waals surface area contributed by atoms with Gasteiger partial charge >= 0.3 is 0 Å². The van der Waals surface area contributed by atoms with E-state index in [2.05, 4.69) is 21.9 Å². The van der Waals surface area contributed by atoms with Gasteiger partial charge in [-0.05, 0) is 38.1 Å². The fourth-order valence-corrected chi connectivity index (χ4v) is 4.41. The summed E-state index contributed by atoms with van der Waals surface area (Å²) in [6.45, 7) is 2.63. The van der Waals surface area contributed by atoms with Crippen LogP contribution in [0.4, 0.5) is 0 Å². The molecule has 3 aromatic rings. The molecule has 29 heavy (non-hydrogen) atoms. The Labute approximate surface area is 169 Å². The minimum atomic E-state index is -0.0617. The van der Waals surface area contributed by atoms with E-state index in [1.54, 1.807) is 7.11 Å². The van der Waals surface area contributed by atoms with Crippen molar-refractivity contribution in [1.29, 1.82) is 0 Å². The lowest BCUT2D eigenvalue weighted by Gasteiger charge is -2.27. The Hall–Kier alpha value is -2.93. The first-order valence-corrected chi connectivity index (χ1v) is 10.1. The number of aromatic amines is 1. The number of hydrogen-bond donors (Lipinski definition) is 1. The lowest BCUT2D eigenvalue weighted by molar-refractivity contribution is 0.0724. The monoisotopic (exact) mass is 391 g/mol. The quantitative estimate of drug-likeness (QED) is 0.743. The number of ether oxygens (including phenoxy) is 1. The van der Waals surface area contributed by atoms with Crippen molar-refractivity contribution in [3.05, 3.63) is 53.2 Å². The summed E-state index contributed by atoms with van der Waals surface area (Å²) in [6.07, 6.45) is 4.75. The summed E-state index contributed by atoms with van der Waals surface area (Å²) in [6, 6.07) is 7.63. The number of likely N-dealkylation sites (tertiary alicyclic amines) is 1. The van der Waals surface area contributed by atoms with Gasteiger partial charge < -0.3 is 19.5 Å². The highest BCUT2D eigenvalue weighted by Crippen LogP contribution is 2.32. The van der Waals surface area contributed by atoms with Gasteiger partial charge in [0.05, 0.1) is 13.2 Å². The first kappa shape index (κ1) is 18.1. The lowest BCUT2D eigenvalue weighted by Crippen LogP contribution is -2.33. The number of fused-ring (bicyclic) bond motifs is 2. The van der Waals surface area contributed by atoms with Gasteiger partial charge in [-0.2, -0.15) is 0 Å². The lowest BCUT2D eigenvalue weighted by atomic mass is 10.1. The minimum Gasteiger partial charge on any atom is -0.497 e. The van der Waals surface area contributed by atoms with Crippen molar-refractivity contribution in [1.82, 2.24) is 24.8 Å². The molecule has 1 atom stereocenters. The van der Waals surface area contributed by atoms with E-state index in [0.29, 0.717) is 5.69 Å². The average Bonchev–Trinajstić information content (AvgIpc) is 3.39. The van der Waals surface area contributed by atoms with Crippen LogP contribution in [0.5, 0.6) is 5.75 Å². The van der Waals surface area contributed by atoms with Crippen LogP contribution in [-0.2, 0) is 13.0 Å². The summed E-state index contributed by atoms with van der Waals surface area (Å²) in [5.41, 5.74) is 3.82. The molecule has 5 rings (SSSR count). The third kappa shape index (κ3) is 3.25. The SMILES string of the molecule is COc1ccc2cc(C(=O)N3CCC[C@@H]3c3ncc4c(n3)CCN(C)C4)[nH]c2c1. The van der Waals surface area contributed by atoms with E-state index < -0.39 is 0 Å². The van der Waals surface area contributed by atoms with E-state index >= 15 is 0 Å². The zero-order valence-corrected chi connectivity index (χ0v) is 16.8. The number of rotatable bonds is 3. The van der Waals surface area contributed by atoms with Crippen molar-refractivity contribution < 1.29 is 9.53 Å². The Morgan fingerprint density at radius 2 is 2.17 bits per heavy atom. The fourth-order valence-electron chi connectivity index (χ4n) is 4.41. The number of hydrogen-bond acceptors (Lipinski definition) is 5. The molecule has 2 aromatic heterocycles. The molecule has 0 spiro atoms. The van der Waals surface area contributed by atoms with Crippen molar-refractivity contribution >= 4 is 16.8 Å². The predicted molar refractivity (Wildman–Crippen MR) is 110 cm³/mol. The molecule has 2 aliphatic rings. The van der Waals surface area contributed by atoms with Crippen LogP contribution in [-0.4, -0.2) is 57.9 Å².